The number of carbonyl (C=O) groups is 2. The Labute approximate surface area is 82.9 Å². The van der Waals surface area contributed by atoms with Gasteiger partial charge in [-0.2, -0.15) is 0 Å². The highest BCUT2D eigenvalue weighted by molar-refractivity contribution is 6.34. The Kier molecular flexibility index (Phi) is 6.69. The third kappa shape index (κ3) is 4.78. The van der Waals surface area contributed by atoms with Gasteiger partial charge in [0.2, 0.25) is 0 Å². The van der Waals surface area contributed by atoms with Gasteiger partial charge in [0.1, 0.15) is 0 Å². The van der Waals surface area contributed by atoms with Crippen LogP contribution in [0, 0.1) is 0 Å². The molecule has 0 spiro atoms. The van der Waals surface area contributed by atoms with Crippen molar-refractivity contribution < 1.29 is 19.1 Å². The molecule has 82 valence electrons. The number of amides is 2. The van der Waals surface area contributed by atoms with Crippen LogP contribution in [0.4, 0.5) is 0 Å². The summed E-state index contributed by atoms with van der Waals surface area (Å²) in [5, 5.41) is 0. The molecule has 0 saturated heterocycles. The Hall–Kier alpha value is -1.14. The molecule has 0 fully saturated rings. The molecule has 2 N–H and O–H groups in total. The molecular weight excluding hydrogens is 188 g/mol. The molecule has 0 aliphatic carbocycles. The number of methoxy groups -OCH3 is 2. The Morgan fingerprint density at radius 3 is 1.86 bits per heavy atom. The van der Waals surface area contributed by atoms with Crippen LogP contribution in [0.25, 0.3) is 0 Å². The van der Waals surface area contributed by atoms with Crippen molar-refractivity contribution in [1.29, 1.82) is 0 Å². The van der Waals surface area contributed by atoms with E-state index in [4.69, 9.17) is 15.2 Å². The maximum atomic E-state index is 11.2. The predicted molar refractivity (Wildman–Crippen MR) is 49.5 cm³/mol. The van der Waals surface area contributed by atoms with Crippen molar-refractivity contribution in [2.75, 3.05) is 40.5 Å². The van der Waals surface area contributed by atoms with Crippen molar-refractivity contribution in [1.82, 2.24) is 4.90 Å². The second kappa shape index (κ2) is 7.28. The molecule has 0 aromatic carbocycles. The summed E-state index contributed by atoms with van der Waals surface area (Å²) >= 11 is 0. The van der Waals surface area contributed by atoms with Gasteiger partial charge in [-0.15, -0.1) is 0 Å². The van der Waals surface area contributed by atoms with Crippen molar-refractivity contribution in [3.05, 3.63) is 0 Å². The van der Waals surface area contributed by atoms with E-state index in [0.717, 1.165) is 0 Å². The molecule has 0 rings (SSSR count). The SMILES string of the molecule is COCCN(CCOC)C(=O)C(N)=O. The van der Waals surface area contributed by atoms with Gasteiger partial charge in [-0.25, -0.2) is 0 Å². The van der Waals surface area contributed by atoms with E-state index in [1.54, 1.807) is 0 Å². The Balaban J connectivity index is 4.08. The van der Waals surface area contributed by atoms with E-state index in [1.807, 2.05) is 0 Å². The standard InChI is InChI=1S/C8H16N2O4/c1-13-5-3-10(4-6-14-2)8(12)7(9)11/h3-6H2,1-2H3,(H2,9,11). The van der Waals surface area contributed by atoms with Crippen LogP contribution >= 0.6 is 0 Å². The number of rotatable bonds is 6. The molecule has 14 heavy (non-hydrogen) atoms. The van der Waals surface area contributed by atoms with Gasteiger partial charge in [-0.05, 0) is 0 Å². The summed E-state index contributed by atoms with van der Waals surface area (Å²) in [6.07, 6.45) is 0. The third-order valence-corrected chi connectivity index (χ3v) is 1.63. The lowest BCUT2D eigenvalue weighted by atomic mass is 10.4. The Bertz CT molecular complexity index is 188. The summed E-state index contributed by atoms with van der Waals surface area (Å²) in [6, 6.07) is 0. The molecule has 6 nitrogen and oxygen atoms in total. The van der Waals surface area contributed by atoms with Gasteiger partial charge in [-0.3, -0.25) is 9.59 Å². The van der Waals surface area contributed by atoms with Crippen molar-refractivity contribution >= 4 is 11.8 Å². The van der Waals surface area contributed by atoms with E-state index in [1.165, 1.54) is 19.1 Å². The van der Waals surface area contributed by atoms with E-state index in [2.05, 4.69) is 0 Å². The molecule has 0 aromatic heterocycles. The van der Waals surface area contributed by atoms with Gasteiger partial charge in [-0.1, -0.05) is 0 Å². The van der Waals surface area contributed by atoms with E-state index in [-0.39, 0.29) is 0 Å². The maximum Gasteiger partial charge on any atom is 0.311 e. The lowest BCUT2D eigenvalue weighted by molar-refractivity contribution is -0.145. The zero-order valence-electron chi connectivity index (χ0n) is 8.49. The number of carbonyl (C=O) groups excluding carboxylic acids is 2. The van der Waals surface area contributed by atoms with E-state index >= 15 is 0 Å². The molecule has 0 bridgehead atoms. The summed E-state index contributed by atoms with van der Waals surface area (Å²) < 4.78 is 9.59. The van der Waals surface area contributed by atoms with E-state index in [9.17, 15) is 9.59 Å². The van der Waals surface area contributed by atoms with Gasteiger partial charge in [0.25, 0.3) is 0 Å². The van der Waals surface area contributed by atoms with E-state index < -0.39 is 11.8 Å². The number of ether oxygens (including phenoxy) is 2. The Morgan fingerprint density at radius 1 is 1.14 bits per heavy atom. The zero-order chi connectivity index (χ0) is 11.0. The summed E-state index contributed by atoms with van der Waals surface area (Å²) in [5.41, 5.74) is 4.87. The Morgan fingerprint density at radius 2 is 1.57 bits per heavy atom. The topological polar surface area (TPSA) is 81.9 Å². The summed E-state index contributed by atoms with van der Waals surface area (Å²) in [4.78, 5) is 23.1. The third-order valence-electron chi connectivity index (χ3n) is 1.63. The van der Waals surface area contributed by atoms with Crippen molar-refractivity contribution in [3.8, 4) is 0 Å². The largest absolute Gasteiger partial charge is 0.383 e. The minimum absolute atomic E-state index is 0.335. The van der Waals surface area contributed by atoms with Crippen LogP contribution in [-0.2, 0) is 19.1 Å². The van der Waals surface area contributed by atoms with Crippen LogP contribution in [0.5, 0.6) is 0 Å². The molecule has 0 unspecified atom stereocenters. The predicted octanol–water partition coefficient (Wildman–Crippen LogP) is -1.41. The first-order chi connectivity index (χ1) is 6.63. The maximum absolute atomic E-state index is 11.2. The molecule has 0 saturated carbocycles. The molecule has 0 heterocycles. The second-order valence-electron chi connectivity index (χ2n) is 2.64. The molecule has 0 aliphatic heterocycles. The van der Waals surface area contributed by atoms with Gasteiger partial charge in [0, 0.05) is 27.3 Å². The molecule has 2 amide bonds. The quantitative estimate of drug-likeness (QED) is 0.539. The van der Waals surface area contributed by atoms with Crippen LogP contribution in [0.15, 0.2) is 0 Å². The molecule has 0 aromatic rings. The molecule has 6 heteroatoms. The van der Waals surface area contributed by atoms with Crippen molar-refractivity contribution in [3.63, 3.8) is 0 Å². The fourth-order valence-corrected chi connectivity index (χ4v) is 0.874. The second-order valence-corrected chi connectivity index (χ2v) is 2.64. The fourth-order valence-electron chi connectivity index (χ4n) is 0.874. The monoisotopic (exact) mass is 204 g/mol. The minimum Gasteiger partial charge on any atom is -0.383 e. The molecule has 0 aliphatic rings. The molecule has 0 radical (unpaired) electrons. The van der Waals surface area contributed by atoms with Crippen LogP contribution in [0.1, 0.15) is 0 Å². The van der Waals surface area contributed by atoms with Crippen LogP contribution in [0.2, 0.25) is 0 Å². The van der Waals surface area contributed by atoms with Gasteiger partial charge in [0.05, 0.1) is 13.2 Å². The zero-order valence-corrected chi connectivity index (χ0v) is 8.49. The normalized spacial score (nSPS) is 9.86. The smallest absolute Gasteiger partial charge is 0.311 e. The van der Waals surface area contributed by atoms with Crippen LogP contribution in [0.3, 0.4) is 0 Å². The number of primary amides is 1. The minimum atomic E-state index is -0.961. The fraction of sp³-hybridized carbons (Fsp3) is 0.750. The van der Waals surface area contributed by atoms with Gasteiger partial charge in [0.15, 0.2) is 0 Å². The van der Waals surface area contributed by atoms with Crippen LogP contribution in [-0.4, -0.2) is 57.2 Å². The van der Waals surface area contributed by atoms with Crippen molar-refractivity contribution in [2.45, 2.75) is 0 Å². The summed E-state index contributed by atoms with van der Waals surface area (Å²) in [5.74, 6) is -1.67. The van der Waals surface area contributed by atoms with Gasteiger partial charge >= 0.3 is 11.8 Å². The first-order valence-corrected chi connectivity index (χ1v) is 4.20. The average molecular weight is 204 g/mol. The number of hydrogen-bond donors (Lipinski definition) is 1. The van der Waals surface area contributed by atoms with Crippen LogP contribution < -0.4 is 5.73 Å². The number of hydrogen-bond acceptors (Lipinski definition) is 4. The lowest BCUT2D eigenvalue weighted by Crippen LogP contribution is -2.43. The number of nitrogens with zero attached hydrogens (tertiary/aromatic N) is 1. The van der Waals surface area contributed by atoms with E-state index in [0.29, 0.717) is 26.3 Å². The number of nitrogens with two attached hydrogens (primary N) is 1. The van der Waals surface area contributed by atoms with Gasteiger partial charge < -0.3 is 20.1 Å². The molecular formula is C8H16N2O4. The average Bonchev–Trinajstić information content (AvgIpc) is 2.17. The summed E-state index contributed by atoms with van der Waals surface area (Å²) in [6.45, 7) is 1.40. The first kappa shape index (κ1) is 12.9. The lowest BCUT2D eigenvalue weighted by Gasteiger charge is -2.19. The summed E-state index contributed by atoms with van der Waals surface area (Å²) in [7, 11) is 3.03. The molecule has 0 atom stereocenters. The highest BCUT2D eigenvalue weighted by Crippen LogP contribution is 1.90. The van der Waals surface area contributed by atoms with Crippen molar-refractivity contribution in [2.24, 2.45) is 5.73 Å². The highest BCUT2D eigenvalue weighted by atomic mass is 16.5. The first-order valence-electron chi connectivity index (χ1n) is 4.20. The highest BCUT2D eigenvalue weighted by Gasteiger charge is 2.17.